The van der Waals surface area contributed by atoms with Crippen molar-refractivity contribution in [2.75, 3.05) is 0 Å². The van der Waals surface area contributed by atoms with Crippen molar-refractivity contribution in [3.8, 4) is 5.88 Å². The maximum Gasteiger partial charge on any atom is 0.574 e. The predicted octanol–water partition coefficient (Wildman–Crippen LogP) is 4.02. The van der Waals surface area contributed by atoms with Gasteiger partial charge in [0.05, 0.1) is 5.56 Å². The van der Waals surface area contributed by atoms with Crippen LogP contribution in [0.15, 0.2) is 12.1 Å². The summed E-state index contributed by atoms with van der Waals surface area (Å²) in [7, 11) is 0. The van der Waals surface area contributed by atoms with Gasteiger partial charge in [0.2, 0.25) is 5.88 Å². The Balaban J connectivity index is 3.33. The fourth-order valence-electron chi connectivity index (χ4n) is 0.985. The van der Waals surface area contributed by atoms with Gasteiger partial charge in [0, 0.05) is 6.07 Å². The average molecular weight is 299 g/mol. The molecule has 0 amide bonds. The first-order valence-electron chi connectivity index (χ1n) is 4.21. The number of hydrogen-bond donors (Lipinski definition) is 0. The molecule has 1 heterocycles. The van der Waals surface area contributed by atoms with Crippen LogP contribution in [0.5, 0.6) is 5.88 Å². The van der Waals surface area contributed by atoms with Crippen LogP contribution < -0.4 is 4.74 Å². The molecule has 0 aliphatic carbocycles. The molecule has 0 spiro atoms. The lowest BCUT2D eigenvalue weighted by molar-refractivity contribution is -0.276. The molecule has 0 saturated carbocycles. The highest BCUT2D eigenvalue weighted by Crippen LogP contribution is 2.37. The number of pyridine rings is 1. The van der Waals surface area contributed by atoms with Crippen LogP contribution in [0.25, 0.3) is 0 Å². The second-order valence-corrected chi connectivity index (χ2v) is 3.12. The van der Waals surface area contributed by atoms with E-state index in [1.807, 2.05) is 0 Å². The van der Waals surface area contributed by atoms with E-state index in [0.717, 1.165) is 0 Å². The number of nitrogens with zero attached hydrogens (tertiary/aromatic N) is 1. The van der Waals surface area contributed by atoms with E-state index in [9.17, 15) is 39.5 Å². The molecule has 108 valence electrons. The van der Waals surface area contributed by atoms with Gasteiger partial charge in [-0.05, 0) is 6.07 Å². The molecule has 0 aliphatic heterocycles. The van der Waals surface area contributed by atoms with E-state index < -0.39 is 41.9 Å². The Bertz CT molecular complexity index is 427. The smallest absolute Gasteiger partial charge is 0.388 e. The zero-order chi connectivity index (χ0) is 15.1. The lowest BCUT2D eigenvalue weighted by atomic mass is 10.2. The zero-order valence-electron chi connectivity index (χ0n) is 8.41. The van der Waals surface area contributed by atoms with Gasteiger partial charge < -0.3 is 4.74 Å². The summed E-state index contributed by atoms with van der Waals surface area (Å²) in [6, 6.07) is -0.689. The van der Waals surface area contributed by atoms with Crippen LogP contribution in [0.1, 0.15) is 11.3 Å². The van der Waals surface area contributed by atoms with Gasteiger partial charge in [-0.25, -0.2) is 4.98 Å². The van der Waals surface area contributed by atoms with Crippen LogP contribution in [0, 0.1) is 0 Å². The van der Waals surface area contributed by atoms with E-state index in [1.54, 1.807) is 0 Å². The summed E-state index contributed by atoms with van der Waals surface area (Å²) in [6.45, 7) is 0. The van der Waals surface area contributed by atoms with E-state index in [0.29, 0.717) is 0 Å². The van der Waals surface area contributed by atoms with Crippen molar-refractivity contribution in [2.24, 2.45) is 0 Å². The molecule has 0 aliphatic rings. The Morgan fingerprint density at radius 2 is 1.32 bits per heavy atom. The van der Waals surface area contributed by atoms with Crippen molar-refractivity contribution in [2.45, 2.75) is 18.7 Å². The minimum atomic E-state index is -5.46. The topological polar surface area (TPSA) is 22.1 Å². The lowest BCUT2D eigenvalue weighted by Gasteiger charge is -2.14. The third-order valence-electron chi connectivity index (χ3n) is 1.64. The molecule has 11 heteroatoms. The summed E-state index contributed by atoms with van der Waals surface area (Å²) >= 11 is 0. The van der Waals surface area contributed by atoms with E-state index in [-0.39, 0.29) is 6.07 Å². The van der Waals surface area contributed by atoms with Crippen LogP contribution in [0.4, 0.5) is 39.5 Å². The molecule has 0 unspecified atom stereocenters. The van der Waals surface area contributed by atoms with Crippen molar-refractivity contribution in [3.05, 3.63) is 23.4 Å². The first-order valence-corrected chi connectivity index (χ1v) is 4.21. The van der Waals surface area contributed by atoms with Gasteiger partial charge in [-0.15, -0.1) is 13.2 Å². The third kappa shape index (κ3) is 4.48. The number of aromatic nitrogens is 1. The maximum absolute atomic E-state index is 12.2. The molecule has 0 radical (unpaired) electrons. The largest absolute Gasteiger partial charge is 0.574 e. The van der Waals surface area contributed by atoms with E-state index >= 15 is 0 Å². The first-order chi connectivity index (χ1) is 8.29. The minimum Gasteiger partial charge on any atom is -0.388 e. The van der Waals surface area contributed by atoms with Gasteiger partial charge in [0.15, 0.2) is 0 Å². The Morgan fingerprint density at radius 1 is 0.789 bits per heavy atom. The van der Waals surface area contributed by atoms with Crippen molar-refractivity contribution >= 4 is 0 Å². The van der Waals surface area contributed by atoms with Crippen LogP contribution in [-0.4, -0.2) is 11.3 Å². The Hall–Kier alpha value is -1.68. The number of ether oxygens (including phenoxy) is 1. The highest BCUT2D eigenvalue weighted by Gasteiger charge is 2.40. The highest BCUT2D eigenvalue weighted by molar-refractivity contribution is 5.28. The molecule has 19 heavy (non-hydrogen) atoms. The van der Waals surface area contributed by atoms with Crippen LogP contribution in [-0.2, 0) is 12.4 Å². The molecule has 0 fully saturated rings. The fraction of sp³-hybridized carbons (Fsp3) is 0.375. The van der Waals surface area contributed by atoms with Gasteiger partial charge in [-0.3, -0.25) is 0 Å². The predicted molar refractivity (Wildman–Crippen MR) is 40.9 cm³/mol. The Morgan fingerprint density at radius 3 is 1.68 bits per heavy atom. The monoisotopic (exact) mass is 299 g/mol. The molecular weight excluding hydrogens is 297 g/mol. The normalized spacial score (nSPS) is 13.5. The molecule has 0 bridgehead atoms. The van der Waals surface area contributed by atoms with Gasteiger partial charge in [0.25, 0.3) is 0 Å². The highest BCUT2D eigenvalue weighted by atomic mass is 19.4. The molecule has 1 rings (SSSR count). The summed E-state index contributed by atoms with van der Waals surface area (Å²) < 4.78 is 112. The van der Waals surface area contributed by atoms with E-state index in [2.05, 4.69) is 9.72 Å². The SMILES string of the molecule is FC(F)(F)Oc1cc(C(F)(F)F)cc(C(F)(F)F)n1. The molecule has 0 N–H and O–H groups in total. The van der Waals surface area contributed by atoms with Gasteiger partial charge in [-0.2, -0.15) is 26.3 Å². The first kappa shape index (κ1) is 15.4. The second kappa shape index (κ2) is 4.46. The fourth-order valence-corrected chi connectivity index (χ4v) is 0.985. The molecule has 0 aromatic carbocycles. The average Bonchev–Trinajstić information content (AvgIpc) is 2.11. The Labute approximate surface area is 98.3 Å². The van der Waals surface area contributed by atoms with Crippen LogP contribution in [0.3, 0.4) is 0 Å². The number of halogens is 9. The van der Waals surface area contributed by atoms with Gasteiger partial charge >= 0.3 is 18.7 Å². The standard InChI is InChI=1S/C8H2F9NO/c9-6(10,11)3-1-4(7(12,13)14)18-5(2-3)19-8(15,16)17/h1-2H. The van der Waals surface area contributed by atoms with Gasteiger partial charge in [-0.1, -0.05) is 0 Å². The third-order valence-corrected chi connectivity index (χ3v) is 1.64. The number of rotatable bonds is 1. The quantitative estimate of drug-likeness (QED) is 0.731. The van der Waals surface area contributed by atoms with Crippen molar-refractivity contribution < 1.29 is 44.3 Å². The maximum atomic E-state index is 12.2. The summed E-state index contributed by atoms with van der Waals surface area (Å²) in [6.07, 6.45) is -16.1. The summed E-state index contributed by atoms with van der Waals surface area (Å²) in [4.78, 5) is 2.34. The summed E-state index contributed by atoms with van der Waals surface area (Å²) in [5.74, 6) is -1.84. The molecular formula is C8H2F9NO. The van der Waals surface area contributed by atoms with Gasteiger partial charge in [0.1, 0.15) is 5.69 Å². The number of alkyl halides is 9. The summed E-state index contributed by atoms with van der Waals surface area (Å²) in [5.41, 5.74) is -4.09. The summed E-state index contributed by atoms with van der Waals surface area (Å²) in [5, 5.41) is 0. The van der Waals surface area contributed by atoms with E-state index in [1.165, 1.54) is 0 Å². The van der Waals surface area contributed by atoms with Crippen LogP contribution >= 0.6 is 0 Å². The van der Waals surface area contributed by atoms with Crippen LogP contribution in [0.2, 0.25) is 0 Å². The zero-order valence-corrected chi connectivity index (χ0v) is 8.41. The lowest BCUT2D eigenvalue weighted by Crippen LogP contribution is -2.20. The molecule has 1 aromatic rings. The Kier molecular flexibility index (Phi) is 3.61. The second-order valence-electron chi connectivity index (χ2n) is 3.12. The molecule has 1 aromatic heterocycles. The molecule has 0 atom stereocenters. The van der Waals surface area contributed by atoms with Crippen molar-refractivity contribution in [3.63, 3.8) is 0 Å². The van der Waals surface area contributed by atoms with Crippen molar-refractivity contribution in [1.29, 1.82) is 0 Å². The number of hydrogen-bond acceptors (Lipinski definition) is 2. The molecule has 2 nitrogen and oxygen atoms in total. The van der Waals surface area contributed by atoms with E-state index in [4.69, 9.17) is 0 Å². The minimum absolute atomic E-state index is 0.275. The van der Waals surface area contributed by atoms with Crippen molar-refractivity contribution in [1.82, 2.24) is 4.98 Å². The molecule has 0 saturated heterocycles.